The first kappa shape index (κ1) is 8.50. The number of nitrogen functional groups attached to an aromatic ring is 1. The standard InChI is InChI=1S/C7H7Cl2NO/c1-11-5-3-2-4(8)6(9)7(5)10/h2-3H,10H2,1H3. The summed E-state index contributed by atoms with van der Waals surface area (Å²) < 4.78 is 4.91. The topological polar surface area (TPSA) is 35.2 Å². The number of ether oxygens (including phenoxy) is 1. The van der Waals surface area contributed by atoms with Crippen LogP contribution in [0.1, 0.15) is 0 Å². The van der Waals surface area contributed by atoms with Crippen LogP contribution in [-0.2, 0) is 0 Å². The van der Waals surface area contributed by atoms with Crippen molar-refractivity contribution in [2.75, 3.05) is 12.8 Å². The molecule has 0 radical (unpaired) electrons. The molecule has 0 aromatic heterocycles. The van der Waals surface area contributed by atoms with Gasteiger partial charge in [-0.05, 0) is 12.1 Å². The van der Waals surface area contributed by atoms with Crippen molar-refractivity contribution in [3.05, 3.63) is 22.2 Å². The fourth-order valence-corrected chi connectivity index (χ4v) is 1.05. The van der Waals surface area contributed by atoms with E-state index in [0.29, 0.717) is 21.5 Å². The number of hydrogen-bond acceptors (Lipinski definition) is 2. The van der Waals surface area contributed by atoms with Crippen molar-refractivity contribution in [3.8, 4) is 5.75 Å². The quantitative estimate of drug-likeness (QED) is 0.694. The SMILES string of the molecule is COc1ccc(Cl)c(Cl)c1N. The third-order valence-corrected chi connectivity index (χ3v) is 2.13. The average Bonchev–Trinajstić information content (AvgIpc) is 2.01. The Labute approximate surface area is 74.9 Å². The van der Waals surface area contributed by atoms with Gasteiger partial charge in [-0.25, -0.2) is 0 Å². The minimum absolute atomic E-state index is 0.339. The zero-order valence-corrected chi connectivity index (χ0v) is 7.41. The van der Waals surface area contributed by atoms with Crippen molar-refractivity contribution in [1.82, 2.24) is 0 Å². The molecule has 0 aliphatic rings. The first-order valence-electron chi connectivity index (χ1n) is 2.94. The highest BCUT2D eigenvalue weighted by Gasteiger charge is 2.06. The van der Waals surface area contributed by atoms with E-state index in [4.69, 9.17) is 33.7 Å². The van der Waals surface area contributed by atoms with Crippen LogP contribution >= 0.6 is 23.2 Å². The summed E-state index contributed by atoms with van der Waals surface area (Å²) in [5.74, 6) is 0.541. The van der Waals surface area contributed by atoms with Crippen molar-refractivity contribution in [2.24, 2.45) is 0 Å². The molecule has 0 aliphatic carbocycles. The molecule has 0 aliphatic heterocycles. The Hall–Kier alpha value is -0.600. The molecule has 4 heteroatoms. The van der Waals surface area contributed by atoms with Crippen molar-refractivity contribution in [3.63, 3.8) is 0 Å². The fraction of sp³-hybridized carbons (Fsp3) is 0.143. The Morgan fingerprint density at radius 2 is 2.00 bits per heavy atom. The molecule has 2 nitrogen and oxygen atoms in total. The number of benzene rings is 1. The monoisotopic (exact) mass is 191 g/mol. The van der Waals surface area contributed by atoms with Crippen LogP contribution < -0.4 is 10.5 Å². The number of rotatable bonds is 1. The third kappa shape index (κ3) is 1.52. The van der Waals surface area contributed by atoms with Gasteiger partial charge in [0.15, 0.2) is 0 Å². The van der Waals surface area contributed by atoms with Crippen LogP contribution in [0.5, 0.6) is 5.75 Å². The molecule has 0 spiro atoms. The van der Waals surface area contributed by atoms with E-state index in [0.717, 1.165) is 0 Å². The van der Waals surface area contributed by atoms with E-state index in [2.05, 4.69) is 0 Å². The van der Waals surface area contributed by atoms with E-state index in [1.165, 1.54) is 7.11 Å². The Kier molecular flexibility index (Phi) is 2.47. The van der Waals surface area contributed by atoms with E-state index in [-0.39, 0.29) is 0 Å². The molecule has 0 amide bonds. The summed E-state index contributed by atoms with van der Waals surface area (Å²) in [4.78, 5) is 0. The second kappa shape index (κ2) is 3.20. The lowest BCUT2D eigenvalue weighted by molar-refractivity contribution is 0.417. The van der Waals surface area contributed by atoms with Crippen LogP contribution in [0.4, 0.5) is 5.69 Å². The van der Waals surface area contributed by atoms with Gasteiger partial charge in [-0.15, -0.1) is 0 Å². The highest BCUT2D eigenvalue weighted by molar-refractivity contribution is 6.43. The van der Waals surface area contributed by atoms with Crippen LogP contribution in [-0.4, -0.2) is 7.11 Å². The van der Waals surface area contributed by atoms with Gasteiger partial charge in [0.2, 0.25) is 0 Å². The van der Waals surface area contributed by atoms with Gasteiger partial charge in [-0.1, -0.05) is 23.2 Å². The normalized spacial score (nSPS) is 9.73. The van der Waals surface area contributed by atoms with Crippen LogP contribution in [0.3, 0.4) is 0 Å². The van der Waals surface area contributed by atoms with Gasteiger partial charge < -0.3 is 10.5 Å². The Morgan fingerprint density at radius 3 is 2.55 bits per heavy atom. The van der Waals surface area contributed by atoms with E-state index >= 15 is 0 Å². The first-order chi connectivity index (χ1) is 5.16. The van der Waals surface area contributed by atoms with Gasteiger partial charge in [-0.2, -0.15) is 0 Å². The lowest BCUT2D eigenvalue weighted by Gasteiger charge is -2.05. The fourth-order valence-electron chi connectivity index (χ4n) is 0.727. The van der Waals surface area contributed by atoms with E-state index in [9.17, 15) is 0 Å². The molecule has 1 rings (SSSR count). The number of hydrogen-bond donors (Lipinski definition) is 1. The highest BCUT2D eigenvalue weighted by atomic mass is 35.5. The zero-order chi connectivity index (χ0) is 8.43. The molecule has 60 valence electrons. The summed E-state index contributed by atoms with van der Waals surface area (Å²) in [6, 6.07) is 3.31. The lowest BCUT2D eigenvalue weighted by Crippen LogP contribution is -1.92. The Balaban J connectivity index is 3.25. The van der Waals surface area contributed by atoms with Crippen LogP contribution in [0, 0.1) is 0 Å². The summed E-state index contributed by atoms with van der Waals surface area (Å²) in [5, 5.41) is 0.774. The Bertz CT molecular complexity index is 275. The second-order valence-corrected chi connectivity index (χ2v) is 2.76. The molecule has 0 atom stereocenters. The largest absolute Gasteiger partial charge is 0.495 e. The molecule has 1 aromatic carbocycles. The highest BCUT2D eigenvalue weighted by Crippen LogP contribution is 2.34. The van der Waals surface area contributed by atoms with Gasteiger partial charge in [0.1, 0.15) is 5.75 Å². The first-order valence-corrected chi connectivity index (χ1v) is 3.70. The van der Waals surface area contributed by atoms with E-state index in [1.807, 2.05) is 0 Å². The van der Waals surface area contributed by atoms with Crippen LogP contribution in [0.25, 0.3) is 0 Å². The molecule has 0 unspecified atom stereocenters. The number of anilines is 1. The summed E-state index contributed by atoms with van der Waals surface area (Å²) in [6.45, 7) is 0. The average molecular weight is 192 g/mol. The van der Waals surface area contributed by atoms with Crippen LogP contribution in [0.15, 0.2) is 12.1 Å². The minimum Gasteiger partial charge on any atom is -0.495 e. The molecular weight excluding hydrogens is 185 g/mol. The summed E-state index contributed by atoms with van der Waals surface area (Å²) in [6.07, 6.45) is 0. The molecule has 0 bridgehead atoms. The third-order valence-electron chi connectivity index (χ3n) is 1.31. The van der Waals surface area contributed by atoms with Gasteiger partial charge in [-0.3, -0.25) is 0 Å². The van der Waals surface area contributed by atoms with Crippen molar-refractivity contribution in [1.29, 1.82) is 0 Å². The number of nitrogens with two attached hydrogens (primary N) is 1. The number of halogens is 2. The van der Waals surface area contributed by atoms with Gasteiger partial charge in [0.25, 0.3) is 0 Å². The second-order valence-electron chi connectivity index (χ2n) is 1.98. The van der Waals surface area contributed by atoms with Gasteiger partial charge in [0, 0.05) is 0 Å². The predicted octanol–water partition coefficient (Wildman–Crippen LogP) is 2.58. The molecule has 11 heavy (non-hydrogen) atoms. The Morgan fingerprint density at radius 1 is 1.36 bits per heavy atom. The predicted molar refractivity (Wildman–Crippen MR) is 47.4 cm³/mol. The van der Waals surface area contributed by atoms with Crippen molar-refractivity contribution >= 4 is 28.9 Å². The minimum atomic E-state index is 0.339. The summed E-state index contributed by atoms with van der Waals surface area (Å²) in [5.41, 5.74) is 5.93. The maximum atomic E-state index is 5.72. The molecule has 0 saturated heterocycles. The van der Waals surface area contributed by atoms with E-state index < -0.39 is 0 Å². The maximum absolute atomic E-state index is 5.72. The molecule has 0 heterocycles. The zero-order valence-electron chi connectivity index (χ0n) is 5.90. The number of methoxy groups -OCH3 is 1. The smallest absolute Gasteiger partial charge is 0.143 e. The molecule has 0 fully saturated rings. The van der Waals surface area contributed by atoms with Crippen molar-refractivity contribution in [2.45, 2.75) is 0 Å². The van der Waals surface area contributed by atoms with Gasteiger partial charge >= 0.3 is 0 Å². The molecule has 2 N–H and O–H groups in total. The van der Waals surface area contributed by atoms with Crippen molar-refractivity contribution < 1.29 is 4.74 Å². The molecular formula is C7H7Cl2NO. The maximum Gasteiger partial charge on any atom is 0.143 e. The molecule has 1 aromatic rings. The lowest BCUT2D eigenvalue weighted by atomic mass is 10.3. The molecule has 0 saturated carbocycles. The van der Waals surface area contributed by atoms with Crippen LogP contribution in [0.2, 0.25) is 10.0 Å². The van der Waals surface area contributed by atoms with E-state index in [1.54, 1.807) is 12.1 Å². The van der Waals surface area contributed by atoms with Gasteiger partial charge in [0.05, 0.1) is 22.8 Å². The summed E-state index contributed by atoms with van der Waals surface area (Å²) >= 11 is 11.4. The summed E-state index contributed by atoms with van der Waals surface area (Å²) in [7, 11) is 1.52.